The molecule has 5 nitrogen and oxygen atoms in total. The van der Waals surface area contributed by atoms with Gasteiger partial charge in [0.2, 0.25) is 5.76 Å². The Morgan fingerprint density at radius 3 is 2.74 bits per heavy atom. The van der Waals surface area contributed by atoms with E-state index in [0.717, 1.165) is 11.3 Å². The fourth-order valence-electron chi connectivity index (χ4n) is 1.32. The van der Waals surface area contributed by atoms with Gasteiger partial charge in [0.05, 0.1) is 6.61 Å². The molecule has 0 N–H and O–H groups in total. The number of amides is 1. The lowest BCUT2D eigenvalue weighted by Crippen LogP contribution is -2.05. The standard InChI is InChI=1S/C13H11NO4S/c1-2-17-12(16)10-8-19-13(18-10)14-11(15)9-6-4-3-5-7-9/h3-8H,2H2,1H3. The number of carbonyl (C=O) groups excluding carboxylic acids is 2. The molecule has 0 aliphatic heterocycles. The second kappa shape index (κ2) is 6.10. The Bertz CT molecular complexity index is 642. The summed E-state index contributed by atoms with van der Waals surface area (Å²) in [5.41, 5.74) is 0.462. The molecule has 0 atom stereocenters. The minimum Gasteiger partial charge on any atom is -0.460 e. The van der Waals surface area contributed by atoms with Crippen LogP contribution in [-0.2, 0) is 4.74 Å². The van der Waals surface area contributed by atoms with Gasteiger partial charge in [-0.3, -0.25) is 4.79 Å². The number of esters is 1. The number of ether oxygens (including phenoxy) is 1. The molecule has 0 saturated carbocycles. The highest BCUT2D eigenvalue weighted by molar-refractivity contribution is 7.07. The van der Waals surface area contributed by atoms with E-state index >= 15 is 0 Å². The lowest BCUT2D eigenvalue weighted by Gasteiger charge is -1.95. The van der Waals surface area contributed by atoms with Crippen LogP contribution >= 0.6 is 11.3 Å². The number of benzene rings is 1. The number of hydrogen-bond acceptors (Lipinski definition) is 5. The molecule has 0 fully saturated rings. The van der Waals surface area contributed by atoms with Crippen molar-refractivity contribution < 1.29 is 18.7 Å². The Kier molecular flexibility index (Phi) is 4.25. The first-order chi connectivity index (χ1) is 9.20. The van der Waals surface area contributed by atoms with Crippen molar-refractivity contribution in [1.82, 2.24) is 0 Å². The monoisotopic (exact) mass is 277 g/mol. The Balaban J connectivity index is 2.21. The van der Waals surface area contributed by atoms with Gasteiger partial charge < -0.3 is 9.15 Å². The summed E-state index contributed by atoms with van der Waals surface area (Å²) in [6.07, 6.45) is 0. The summed E-state index contributed by atoms with van der Waals surface area (Å²) in [6.45, 7) is 1.97. The molecule has 1 aromatic carbocycles. The highest BCUT2D eigenvalue weighted by atomic mass is 32.1. The van der Waals surface area contributed by atoms with Crippen LogP contribution in [0.3, 0.4) is 0 Å². The van der Waals surface area contributed by atoms with Crippen molar-refractivity contribution in [3.8, 4) is 0 Å². The van der Waals surface area contributed by atoms with Crippen molar-refractivity contribution in [3.05, 3.63) is 51.9 Å². The summed E-state index contributed by atoms with van der Waals surface area (Å²) in [5.74, 6) is -0.930. The van der Waals surface area contributed by atoms with E-state index in [-0.39, 0.29) is 17.2 Å². The third kappa shape index (κ3) is 3.38. The summed E-state index contributed by atoms with van der Waals surface area (Å²) in [7, 11) is 0. The van der Waals surface area contributed by atoms with Crippen LogP contribution in [0.15, 0.2) is 45.1 Å². The topological polar surface area (TPSA) is 68.9 Å². The Hall–Kier alpha value is -2.21. The molecule has 19 heavy (non-hydrogen) atoms. The second-order valence-corrected chi connectivity index (χ2v) is 4.29. The number of hydrogen-bond donors (Lipinski definition) is 0. The summed E-state index contributed by atoms with van der Waals surface area (Å²) < 4.78 is 9.92. The van der Waals surface area contributed by atoms with Crippen LogP contribution in [0.1, 0.15) is 27.8 Å². The first-order valence-electron chi connectivity index (χ1n) is 5.60. The molecule has 0 spiro atoms. The van der Waals surface area contributed by atoms with Crippen LogP contribution in [0, 0.1) is 0 Å². The number of carbonyl (C=O) groups is 2. The van der Waals surface area contributed by atoms with Gasteiger partial charge in [-0.2, -0.15) is 4.99 Å². The molecule has 0 unspecified atom stereocenters. The van der Waals surface area contributed by atoms with Gasteiger partial charge in [0.1, 0.15) is 0 Å². The molecule has 0 saturated heterocycles. The maximum Gasteiger partial charge on any atom is 0.375 e. The van der Waals surface area contributed by atoms with E-state index in [2.05, 4.69) is 4.99 Å². The molecule has 98 valence electrons. The maximum absolute atomic E-state index is 11.8. The van der Waals surface area contributed by atoms with Gasteiger partial charge in [0.15, 0.2) is 0 Å². The predicted octanol–water partition coefficient (Wildman–Crippen LogP) is 2.26. The minimum absolute atomic E-state index is 0.0476. The molecule has 0 radical (unpaired) electrons. The lowest BCUT2D eigenvalue weighted by atomic mass is 10.2. The first-order valence-corrected chi connectivity index (χ1v) is 6.48. The molecule has 0 aliphatic carbocycles. The predicted molar refractivity (Wildman–Crippen MR) is 68.9 cm³/mol. The zero-order chi connectivity index (χ0) is 13.7. The summed E-state index contributed by atoms with van der Waals surface area (Å²) in [4.78, 5) is 27.1. The van der Waals surface area contributed by atoms with E-state index in [1.807, 2.05) is 6.07 Å². The third-order valence-electron chi connectivity index (χ3n) is 2.15. The Morgan fingerprint density at radius 2 is 2.05 bits per heavy atom. The quantitative estimate of drug-likeness (QED) is 0.807. The fraction of sp³-hybridized carbons (Fsp3) is 0.154. The summed E-state index contributed by atoms with van der Waals surface area (Å²) >= 11 is 1.07. The van der Waals surface area contributed by atoms with Gasteiger partial charge in [-0.05, 0) is 19.1 Å². The average Bonchev–Trinajstić information content (AvgIpc) is 2.88. The van der Waals surface area contributed by atoms with Crippen LogP contribution in [0.25, 0.3) is 0 Å². The summed E-state index contributed by atoms with van der Waals surface area (Å²) in [5, 5.41) is 1.47. The molecule has 6 heteroatoms. The van der Waals surface area contributed by atoms with E-state index in [1.165, 1.54) is 5.38 Å². The van der Waals surface area contributed by atoms with Crippen LogP contribution in [0.5, 0.6) is 0 Å². The van der Waals surface area contributed by atoms with Gasteiger partial charge >= 0.3 is 5.97 Å². The van der Waals surface area contributed by atoms with E-state index in [9.17, 15) is 9.59 Å². The molecule has 2 rings (SSSR count). The SMILES string of the molecule is CCOC(=O)c1csc(=NC(=O)c2ccccc2)o1. The molecule has 1 amide bonds. The third-order valence-corrected chi connectivity index (χ3v) is 2.86. The zero-order valence-corrected chi connectivity index (χ0v) is 11.0. The average molecular weight is 277 g/mol. The number of rotatable bonds is 3. The zero-order valence-electron chi connectivity index (χ0n) is 10.2. The van der Waals surface area contributed by atoms with Crippen LogP contribution < -0.4 is 4.87 Å². The lowest BCUT2D eigenvalue weighted by molar-refractivity contribution is 0.0486. The molecule has 2 aromatic rings. The van der Waals surface area contributed by atoms with Crippen molar-refractivity contribution in [2.75, 3.05) is 6.61 Å². The normalized spacial score (nSPS) is 11.3. The Morgan fingerprint density at radius 1 is 1.32 bits per heavy atom. The summed E-state index contributed by atoms with van der Waals surface area (Å²) in [6, 6.07) is 8.62. The Labute approximate surface area is 113 Å². The highest BCUT2D eigenvalue weighted by Crippen LogP contribution is 2.04. The molecular formula is C13H11NO4S. The van der Waals surface area contributed by atoms with Crippen LogP contribution in [0.2, 0.25) is 0 Å². The van der Waals surface area contributed by atoms with Gasteiger partial charge in [-0.15, -0.1) is 0 Å². The largest absolute Gasteiger partial charge is 0.460 e. The molecular weight excluding hydrogens is 266 g/mol. The van der Waals surface area contributed by atoms with Crippen molar-refractivity contribution in [1.29, 1.82) is 0 Å². The van der Waals surface area contributed by atoms with E-state index in [4.69, 9.17) is 9.15 Å². The van der Waals surface area contributed by atoms with Crippen molar-refractivity contribution >= 4 is 23.2 Å². The smallest absolute Gasteiger partial charge is 0.375 e. The van der Waals surface area contributed by atoms with Gasteiger partial charge in [0.25, 0.3) is 10.8 Å². The van der Waals surface area contributed by atoms with Gasteiger partial charge in [0, 0.05) is 10.9 Å². The molecule has 0 aliphatic rings. The van der Waals surface area contributed by atoms with Gasteiger partial charge in [-0.25, -0.2) is 4.79 Å². The van der Waals surface area contributed by atoms with E-state index in [0.29, 0.717) is 5.56 Å². The molecule has 0 bridgehead atoms. The second-order valence-electron chi connectivity index (χ2n) is 3.47. The van der Waals surface area contributed by atoms with E-state index in [1.54, 1.807) is 31.2 Å². The highest BCUT2D eigenvalue weighted by Gasteiger charge is 2.11. The van der Waals surface area contributed by atoms with Crippen molar-refractivity contribution in [2.45, 2.75) is 6.92 Å². The van der Waals surface area contributed by atoms with Crippen molar-refractivity contribution in [3.63, 3.8) is 0 Å². The van der Waals surface area contributed by atoms with Crippen LogP contribution in [0.4, 0.5) is 0 Å². The van der Waals surface area contributed by atoms with Crippen LogP contribution in [-0.4, -0.2) is 18.5 Å². The first kappa shape index (κ1) is 13.2. The van der Waals surface area contributed by atoms with Gasteiger partial charge in [-0.1, -0.05) is 29.5 Å². The maximum atomic E-state index is 11.8. The molecule has 1 heterocycles. The molecule has 1 aromatic heterocycles. The number of nitrogens with zero attached hydrogens (tertiary/aromatic N) is 1. The van der Waals surface area contributed by atoms with E-state index < -0.39 is 11.9 Å². The fourth-order valence-corrected chi connectivity index (χ4v) is 1.94. The minimum atomic E-state index is -0.563. The van der Waals surface area contributed by atoms with Crippen molar-refractivity contribution in [2.24, 2.45) is 4.99 Å².